The van der Waals surface area contributed by atoms with Crippen molar-refractivity contribution in [3.05, 3.63) is 16.3 Å². The Labute approximate surface area is 177 Å². The molecule has 1 fully saturated rings. The third-order valence-electron chi connectivity index (χ3n) is 6.14. The van der Waals surface area contributed by atoms with E-state index in [0.29, 0.717) is 0 Å². The largest absolute Gasteiger partial charge is 0.375 e. The van der Waals surface area contributed by atoms with Crippen molar-refractivity contribution in [3.8, 4) is 0 Å². The van der Waals surface area contributed by atoms with Crippen molar-refractivity contribution in [3.63, 3.8) is 0 Å². The number of methoxy groups -OCH3 is 1. The number of hydrogen-bond donors (Lipinski definition) is 0. The number of nitrogens with zero attached hydrogens (tertiary/aromatic N) is 4. The van der Waals surface area contributed by atoms with E-state index >= 15 is 0 Å². The highest BCUT2D eigenvalue weighted by atomic mass is 32.1. The van der Waals surface area contributed by atoms with E-state index in [0.717, 1.165) is 74.3 Å². The average molecular weight is 417 g/mol. The predicted molar refractivity (Wildman–Crippen MR) is 118 cm³/mol. The van der Waals surface area contributed by atoms with Gasteiger partial charge in [0.05, 0.1) is 5.39 Å². The molecule has 1 atom stereocenters. The van der Waals surface area contributed by atoms with E-state index < -0.39 is 0 Å². The van der Waals surface area contributed by atoms with Crippen LogP contribution in [0.15, 0.2) is 0 Å². The second kappa shape index (κ2) is 8.96. The Morgan fingerprint density at radius 2 is 2.03 bits per heavy atom. The van der Waals surface area contributed by atoms with Crippen LogP contribution >= 0.6 is 11.3 Å². The summed E-state index contributed by atoms with van der Waals surface area (Å²) in [5.41, 5.74) is 1.48. The van der Waals surface area contributed by atoms with Crippen LogP contribution < -0.4 is 4.90 Å². The van der Waals surface area contributed by atoms with E-state index in [9.17, 15) is 4.79 Å². The standard InChI is InChI=1S/C22H32N4O2S/c1-4-5-6-18-23-21(26-11-9-25(10-12-26)19(27)14-28-3)20-16-8-7-15(2)13-17(16)29-22(20)24-18/h15H,4-14H2,1-3H3/t15-/m0/s1. The molecule has 0 saturated carbocycles. The van der Waals surface area contributed by atoms with Crippen LogP contribution in [0, 0.1) is 5.92 Å². The minimum absolute atomic E-state index is 0.0746. The molecule has 4 rings (SSSR count). The lowest BCUT2D eigenvalue weighted by Gasteiger charge is -2.36. The normalized spacial score (nSPS) is 19.6. The Morgan fingerprint density at radius 1 is 1.24 bits per heavy atom. The fourth-order valence-corrected chi connectivity index (χ4v) is 5.82. The third kappa shape index (κ3) is 4.26. The summed E-state index contributed by atoms with van der Waals surface area (Å²) in [6.45, 7) is 7.80. The molecule has 1 amide bonds. The molecule has 0 radical (unpaired) electrons. The maximum atomic E-state index is 12.2. The number of anilines is 1. The van der Waals surface area contributed by atoms with Gasteiger partial charge in [0, 0.05) is 44.6 Å². The topological polar surface area (TPSA) is 58.6 Å². The zero-order valence-electron chi connectivity index (χ0n) is 17.9. The van der Waals surface area contributed by atoms with E-state index in [1.54, 1.807) is 7.11 Å². The third-order valence-corrected chi connectivity index (χ3v) is 7.28. The van der Waals surface area contributed by atoms with Gasteiger partial charge in [0.15, 0.2) is 0 Å². The van der Waals surface area contributed by atoms with Crippen LogP contribution in [0.2, 0.25) is 0 Å². The van der Waals surface area contributed by atoms with Gasteiger partial charge in [0.25, 0.3) is 0 Å². The van der Waals surface area contributed by atoms with E-state index in [-0.39, 0.29) is 12.5 Å². The van der Waals surface area contributed by atoms with Crippen molar-refractivity contribution in [1.29, 1.82) is 0 Å². The molecule has 0 unspecified atom stereocenters. The first kappa shape index (κ1) is 20.5. The van der Waals surface area contributed by atoms with E-state index in [1.165, 1.54) is 28.7 Å². The fraction of sp³-hybridized carbons (Fsp3) is 0.682. The summed E-state index contributed by atoms with van der Waals surface area (Å²) in [5.74, 6) is 2.90. The summed E-state index contributed by atoms with van der Waals surface area (Å²) in [6.07, 6.45) is 6.74. The number of rotatable bonds is 6. The molecular weight excluding hydrogens is 384 g/mol. The average Bonchev–Trinajstić information content (AvgIpc) is 3.09. The van der Waals surface area contributed by atoms with Gasteiger partial charge < -0.3 is 14.5 Å². The minimum atomic E-state index is 0.0746. The first-order chi connectivity index (χ1) is 14.1. The summed E-state index contributed by atoms with van der Waals surface area (Å²) in [6, 6.07) is 0. The summed E-state index contributed by atoms with van der Waals surface area (Å²) >= 11 is 1.88. The number of unbranched alkanes of at least 4 members (excludes halogenated alkanes) is 1. The van der Waals surface area contributed by atoms with Gasteiger partial charge in [-0.2, -0.15) is 0 Å². The Bertz CT molecular complexity index is 873. The van der Waals surface area contributed by atoms with Gasteiger partial charge in [-0.25, -0.2) is 9.97 Å². The number of hydrogen-bond acceptors (Lipinski definition) is 6. The Kier molecular flexibility index (Phi) is 6.35. The molecule has 1 aliphatic heterocycles. The summed E-state index contributed by atoms with van der Waals surface area (Å²) in [7, 11) is 1.57. The lowest BCUT2D eigenvalue weighted by Crippen LogP contribution is -2.50. The molecule has 2 aromatic rings. The Morgan fingerprint density at radius 3 is 2.76 bits per heavy atom. The van der Waals surface area contributed by atoms with Crippen LogP contribution in [0.1, 0.15) is 49.4 Å². The number of aromatic nitrogens is 2. The molecule has 0 spiro atoms. The van der Waals surface area contributed by atoms with Gasteiger partial charge in [-0.05, 0) is 37.2 Å². The van der Waals surface area contributed by atoms with E-state index in [2.05, 4.69) is 18.7 Å². The van der Waals surface area contributed by atoms with Crippen molar-refractivity contribution in [2.75, 3.05) is 44.8 Å². The molecule has 158 valence electrons. The summed E-state index contributed by atoms with van der Waals surface area (Å²) in [4.78, 5) is 29.1. The van der Waals surface area contributed by atoms with Crippen LogP contribution in [-0.2, 0) is 28.8 Å². The Hall–Kier alpha value is -1.73. The van der Waals surface area contributed by atoms with Crippen LogP contribution in [-0.4, -0.2) is 60.7 Å². The number of amides is 1. The molecule has 2 aliphatic rings. The lowest BCUT2D eigenvalue weighted by atomic mass is 9.89. The van der Waals surface area contributed by atoms with Crippen LogP contribution in [0.5, 0.6) is 0 Å². The van der Waals surface area contributed by atoms with Crippen molar-refractivity contribution in [1.82, 2.24) is 14.9 Å². The highest BCUT2D eigenvalue weighted by Crippen LogP contribution is 2.41. The zero-order chi connectivity index (χ0) is 20.4. The SMILES string of the molecule is CCCCc1nc(N2CCN(C(=O)COC)CC2)c2c3c(sc2n1)C[C@@H](C)CC3. The molecular formula is C22H32N4O2S. The molecule has 0 N–H and O–H groups in total. The van der Waals surface area contributed by atoms with Crippen LogP contribution in [0.3, 0.4) is 0 Å². The molecule has 3 heterocycles. The van der Waals surface area contributed by atoms with Gasteiger partial charge in [-0.1, -0.05) is 20.3 Å². The smallest absolute Gasteiger partial charge is 0.248 e. The molecule has 0 bridgehead atoms. The molecule has 2 aromatic heterocycles. The molecule has 1 aliphatic carbocycles. The molecule has 7 heteroatoms. The number of piperazine rings is 1. The highest BCUT2D eigenvalue weighted by Gasteiger charge is 2.28. The zero-order valence-corrected chi connectivity index (χ0v) is 18.7. The van der Waals surface area contributed by atoms with Gasteiger partial charge >= 0.3 is 0 Å². The predicted octanol–water partition coefficient (Wildman–Crippen LogP) is 3.45. The number of thiophene rings is 1. The fourth-order valence-electron chi connectivity index (χ4n) is 4.42. The summed E-state index contributed by atoms with van der Waals surface area (Å²) in [5, 5.41) is 1.29. The lowest BCUT2D eigenvalue weighted by molar-refractivity contribution is -0.135. The van der Waals surface area contributed by atoms with E-state index in [1.807, 2.05) is 16.2 Å². The number of aryl methyl sites for hydroxylation is 2. The van der Waals surface area contributed by atoms with Gasteiger partial charge in [0.1, 0.15) is 23.1 Å². The first-order valence-corrected chi connectivity index (χ1v) is 11.7. The number of ether oxygens (including phenoxy) is 1. The maximum absolute atomic E-state index is 12.2. The van der Waals surface area contributed by atoms with Crippen molar-refractivity contribution in [2.45, 2.75) is 52.4 Å². The molecule has 1 saturated heterocycles. The second-order valence-corrected chi connectivity index (χ2v) is 9.48. The highest BCUT2D eigenvalue weighted by molar-refractivity contribution is 7.19. The maximum Gasteiger partial charge on any atom is 0.248 e. The Balaban J connectivity index is 1.66. The van der Waals surface area contributed by atoms with Crippen LogP contribution in [0.25, 0.3) is 10.2 Å². The van der Waals surface area contributed by atoms with Crippen molar-refractivity contribution in [2.24, 2.45) is 5.92 Å². The van der Waals surface area contributed by atoms with Gasteiger partial charge in [0.2, 0.25) is 5.91 Å². The van der Waals surface area contributed by atoms with E-state index in [4.69, 9.17) is 14.7 Å². The van der Waals surface area contributed by atoms with Gasteiger partial charge in [-0.15, -0.1) is 11.3 Å². The van der Waals surface area contributed by atoms with Crippen LogP contribution in [0.4, 0.5) is 5.82 Å². The molecule has 29 heavy (non-hydrogen) atoms. The quantitative estimate of drug-likeness (QED) is 0.722. The van der Waals surface area contributed by atoms with Crippen molar-refractivity contribution < 1.29 is 9.53 Å². The molecule has 0 aromatic carbocycles. The molecule has 6 nitrogen and oxygen atoms in total. The first-order valence-electron chi connectivity index (χ1n) is 10.9. The number of carbonyl (C=O) groups excluding carboxylic acids is 1. The minimum Gasteiger partial charge on any atom is -0.375 e. The second-order valence-electron chi connectivity index (χ2n) is 8.40. The van der Waals surface area contributed by atoms with Crippen molar-refractivity contribution >= 4 is 33.3 Å². The number of carbonyl (C=O) groups is 1. The summed E-state index contributed by atoms with van der Waals surface area (Å²) < 4.78 is 5.02. The number of fused-ring (bicyclic) bond motifs is 3. The monoisotopic (exact) mass is 416 g/mol. The van der Waals surface area contributed by atoms with Gasteiger partial charge in [-0.3, -0.25) is 4.79 Å².